The lowest BCUT2D eigenvalue weighted by molar-refractivity contribution is -0.147. The highest BCUT2D eigenvalue weighted by Crippen LogP contribution is 2.17. The third-order valence-corrected chi connectivity index (χ3v) is 4.61. The predicted molar refractivity (Wildman–Crippen MR) is 105 cm³/mol. The second-order valence-corrected chi connectivity index (χ2v) is 7.47. The third-order valence-electron chi connectivity index (χ3n) is 3.68. The molecule has 0 heterocycles. The molecule has 10 heteroatoms. The summed E-state index contributed by atoms with van der Waals surface area (Å²) in [4.78, 5) is 23.4. The molecule has 0 aliphatic rings. The van der Waals surface area contributed by atoms with Crippen molar-refractivity contribution in [2.45, 2.75) is 17.7 Å². The monoisotopic (exact) mass is 422 g/mol. The zero-order valence-corrected chi connectivity index (χ0v) is 16.6. The summed E-state index contributed by atoms with van der Waals surface area (Å²) in [5, 5.41) is 7.48. The first-order valence-electron chi connectivity index (χ1n) is 8.63. The van der Waals surface area contributed by atoms with Crippen molar-refractivity contribution in [1.29, 1.82) is 0 Å². The Bertz CT molecular complexity index is 926. The van der Waals surface area contributed by atoms with Crippen LogP contribution in [0.5, 0.6) is 11.5 Å². The van der Waals surface area contributed by atoms with Gasteiger partial charge in [-0.1, -0.05) is 0 Å². The molecular weight excluding hydrogens is 400 g/mol. The SMILES string of the molecule is COc1ccc(OCCCC(=O)OCC(=O)Nc2ccc(S(N)(=O)=O)cc2)cc1. The molecule has 3 N–H and O–H groups in total. The number of carbonyl (C=O) groups excluding carboxylic acids is 2. The Morgan fingerprint density at radius 1 is 1.00 bits per heavy atom. The molecule has 0 bridgehead atoms. The van der Waals surface area contributed by atoms with Gasteiger partial charge in [-0.2, -0.15) is 0 Å². The summed E-state index contributed by atoms with van der Waals surface area (Å²) in [5.41, 5.74) is 0.353. The van der Waals surface area contributed by atoms with E-state index in [2.05, 4.69) is 5.32 Å². The first-order valence-corrected chi connectivity index (χ1v) is 10.2. The second-order valence-electron chi connectivity index (χ2n) is 5.91. The lowest BCUT2D eigenvalue weighted by atomic mass is 10.3. The van der Waals surface area contributed by atoms with Crippen molar-refractivity contribution in [3.8, 4) is 11.5 Å². The van der Waals surface area contributed by atoms with Gasteiger partial charge in [-0.15, -0.1) is 0 Å². The lowest BCUT2D eigenvalue weighted by Gasteiger charge is -2.08. The molecule has 2 rings (SSSR count). The van der Waals surface area contributed by atoms with Gasteiger partial charge in [0.1, 0.15) is 11.5 Å². The minimum Gasteiger partial charge on any atom is -0.497 e. The van der Waals surface area contributed by atoms with Gasteiger partial charge in [0, 0.05) is 12.1 Å². The number of methoxy groups -OCH3 is 1. The van der Waals surface area contributed by atoms with E-state index in [0.29, 0.717) is 24.5 Å². The van der Waals surface area contributed by atoms with E-state index in [1.54, 1.807) is 31.4 Å². The van der Waals surface area contributed by atoms with E-state index in [1.165, 1.54) is 24.3 Å². The molecule has 0 aromatic heterocycles. The minimum absolute atomic E-state index is 0.0706. The van der Waals surface area contributed by atoms with Crippen LogP contribution >= 0.6 is 0 Å². The Kier molecular flexibility index (Phi) is 7.98. The largest absolute Gasteiger partial charge is 0.497 e. The van der Waals surface area contributed by atoms with Crippen molar-refractivity contribution in [2.75, 3.05) is 25.6 Å². The highest BCUT2D eigenvalue weighted by molar-refractivity contribution is 7.89. The van der Waals surface area contributed by atoms with E-state index in [4.69, 9.17) is 19.3 Å². The van der Waals surface area contributed by atoms with Crippen LogP contribution in [0.15, 0.2) is 53.4 Å². The van der Waals surface area contributed by atoms with Crippen LogP contribution in [0.2, 0.25) is 0 Å². The van der Waals surface area contributed by atoms with E-state index in [0.717, 1.165) is 5.75 Å². The van der Waals surface area contributed by atoms with Crippen molar-refractivity contribution in [2.24, 2.45) is 5.14 Å². The summed E-state index contributed by atoms with van der Waals surface area (Å²) >= 11 is 0. The smallest absolute Gasteiger partial charge is 0.306 e. The topological polar surface area (TPSA) is 134 Å². The zero-order chi connectivity index (χ0) is 21.3. The Morgan fingerprint density at radius 3 is 2.21 bits per heavy atom. The number of esters is 1. The average Bonchev–Trinajstić information content (AvgIpc) is 2.70. The Balaban J connectivity index is 1.64. The number of primary sulfonamides is 1. The maximum Gasteiger partial charge on any atom is 0.306 e. The molecule has 2 aromatic carbocycles. The molecule has 0 saturated heterocycles. The maximum atomic E-state index is 11.8. The number of rotatable bonds is 10. The Labute approximate surface area is 168 Å². The van der Waals surface area contributed by atoms with Crippen LogP contribution in [-0.2, 0) is 24.3 Å². The van der Waals surface area contributed by atoms with Gasteiger partial charge in [0.05, 0.1) is 18.6 Å². The van der Waals surface area contributed by atoms with Crippen molar-refractivity contribution in [1.82, 2.24) is 0 Å². The molecule has 0 radical (unpaired) electrons. The molecule has 0 aliphatic carbocycles. The van der Waals surface area contributed by atoms with Gasteiger partial charge in [0.15, 0.2) is 6.61 Å². The summed E-state index contributed by atoms with van der Waals surface area (Å²) in [7, 11) is -2.22. The number of hydrogen-bond acceptors (Lipinski definition) is 7. The van der Waals surface area contributed by atoms with Crippen molar-refractivity contribution < 1.29 is 32.2 Å². The van der Waals surface area contributed by atoms with Gasteiger partial charge in [0.25, 0.3) is 5.91 Å². The van der Waals surface area contributed by atoms with Crippen LogP contribution in [0.4, 0.5) is 5.69 Å². The van der Waals surface area contributed by atoms with E-state index >= 15 is 0 Å². The Morgan fingerprint density at radius 2 is 1.62 bits per heavy atom. The van der Waals surface area contributed by atoms with E-state index < -0.39 is 28.5 Å². The predicted octanol–water partition coefficient (Wildman–Crippen LogP) is 1.68. The lowest BCUT2D eigenvalue weighted by Crippen LogP contribution is -2.21. The number of anilines is 1. The normalized spacial score (nSPS) is 10.8. The summed E-state index contributed by atoms with van der Waals surface area (Å²) in [6.07, 6.45) is 0.536. The first-order chi connectivity index (χ1) is 13.8. The van der Waals surface area contributed by atoms with Gasteiger partial charge >= 0.3 is 5.97 Å². The fraction of sp³-hybridized carbons (Fsp3) is 0.263. The number of nitrogens with two attached hydrogens (primary N) is 1. The van der Waals surface area contributed by atoms with E-state index in [9.17, 15) is 18.0 Å². The zero-order valence-electron chi connectivity index (χ0n) is 15.8. The third kappa shape index (κ3) is 7.80. The van der Waals surface area contributed by atoms with Crippen LogP contribution in [-0.4, -0.2) is 40.6 Å². The van der Waals surface area contributed by atoms with Crippen LogP contribution in [0, 0.1) is 0 Å². The molecule has 0 saturated carbocycles. The molecule has 0 spiro atoms. The number of amides is 1. The van der Waals surface area contributed by atoms with Crippen LogP contribution < -0.4 is 19.9 Å². The Hall–Kier alpha value is -3.11. The molecule has 29 heavy (non-hydrogen) atoms. The minimum atomic E-state index is -3.80. The van der Waals surface area contributed by atoms with Crippen molar-refractivity contribution >= 4 is 27.6 Å². The van der Waals surface area contributed by atoms with Gasteiger partial charge in [0.2, 0.25) is 10.0 Å². The quantitative estimate of drug-likeness (QED) is 0.439. The highest BCUT2D eigenvalue weighted by Gasteiger charge is 2.10. The summed E-state index contributed by atoms with van der Waals surface area (Å²) in [6.45, 7) is -0.126. The van der Waals surface area contributed by atoms with Crippen molar-refractivity contribution in [3.05, 3.63) is 48.5 Å². The van der Waals surface area contributed by atoms with Crippen LogP contribution in [0.1, 0.15) is 12.8 Å². The molecule has 156 valence electrons. The first kappa shape index (κ1) is 22.2. The molecule has 0 fully saturated rings. The fourth-order valence-corrected chi connectivity index (χ4v) is 2.74. The standard InChI is InChI=1S/C19H22N2O7S/c1-26-15-6-8-16(9-7-15)27-12-2-3-19(23)28-13-18(22)21-14-4-10-17(11-5-14)29(20,24)25/h4-11H,2-3,12-13H2,1H3,(H,21,22)(H2,20,24,25). The number of ether oxygens (including phenoxy) is 3. The average molecular weight is 422 g/mol. The number of carbonyl (C=O) groups is 2. The molecule has 0 aliphatic heterocycles. The van der Waals surface area contributed by atoms with Gasteiger partial charge in [-0.25, -0.2) is 13.6 Å². The van der Waals surface area contributed by atoms with Crippen LogP contribution in [0.3, 0.4) is 0 Å². The van der Waals surface area contributed by atoms with Gasteiger partial charge < -0.3 is 19.5 Å². The van der Waals surface area contributed by atoms with E-state index in [-0.39, 0.29) is 11.3 Å². The fourth-order valence-electron chi connectivity index (χ4n) is 2.22. The molecule has 9 nitrogen and oxygen atoms in total. The maximum absolute atomic E-state index is 11.8. The number of sulfonamides is 1. The van der Waals surface area contributed by atoms with Gasteiger partial charge in [-0.3, -0.25) is 9.59 Å². The molecule has 2 aromatic rings. The van der Waals surface area contributed by atoms with Crippen molar-refractivity contribution in [3.63, 3.8) is 0 Å². The molecule has 1 amide bonds. The highest BCUT2D eigenvalue weighted by atomic mass is 32.2. The summed E-state index contributed by atoms with van der Waals surface area (Å²) in [6, 6.07) is 12.4. The molecule has 0 unspecified atom stereocenters. The second kappa shape index (κ2) is 10.4. The number of hydrogen-bond donors (Lipinski definition) is 2. The summed E-state index contributed by atoms with van der Waals surface area (Å²) < 4.78 is 37.8. The molecule has 0 atom stereocenters. The number of benzene rings is 2. The molecular formula is C19H22N2O7S. The number of nitrogens with one attached hydrogen (secondary N) is 1. The van der Waals surface area contributed by atoms with Crippen LogP contribution in [0.25, 0.3) is 0 Å². The summed E-state index contributed by atoms with van der Waals surface area (Å²) in [5.74, 6) is 0.311. The van der Waals surface area contributed by atoms with Gasteiger partial charge in [-0.05, 0) is 55.0 Å². The van der Waals surface area contributed by atoms with E-state index in [1.807, 2.05) is 0 Å².